The van der Waals surface area contributed by atoms with E-state index >= 15 is 0 Å². The fourth-order valence-corrected chi connectivity index (χ4v) is 3.40. The molecule has 0 aromatic heterocycles. The van der Waals surface area contributed by atoms with Crippen molar-refractivity contribution in [2.24, 2.45) is 5.41 Å². The molecule has 0 radical (unpaired) electrons. The van der Waals surface area contributed by atoms with Gasteiger partial charge in [-0.1, -0.05) is 13.8 Å². The Balaban J connectivity index is 2.55. The third kappa shape index (κ3) is 2.44. The van der Waals surface area contributed by atoms with Crippen LogP contribution in [0.3, 0.4) is 0 Å². The molecule has 1 atom stereocenters. The monoisotopic (exact) mass is 268 g/mol. The van der Waals surface area contributed by atoms with E-state index in [1.807, 2.05) is 12.1 Å². The molecule has 0 bridgehead atoms. The highest BCUT2D eigenvalue weighted by Gasteiger charge is 2.32. The van der Waals surface area contributed by atoms with Crippen molar-refractivity contribution in [2.45, 2.75) is 38.5 Å². The number of fused-ring (bicyclic) bond motifs is 1. The summed E-state index contributed by atoms with van der Waals surface area (Å²) in [7, 11) is 3.41. The molecular formula is C15H21ClO2. The van der Waals surface area contributed by atoms with Gasteiger partial charge in [-0.05, 0) is 36.8 Å². The Kier molecular flexibility index (Phi) is 3.76. The minimum atomic E-state index is -0.0115. The maximum Gasteiger partial charge on any atom is 0.124 e. The average Bonchev–Trinajstić information content (AvgIpc) is 2.45. The molecule has 0 saturated heterocycles. The van der Waals surface area contributed by atoms with Crippen LogP contribution in [0.25, 0.3) is 0 Å². The number of halogens is 1. The van der Waals surface area contributed by atoms with Crippen molar-refractivity contribution in [3.8, 4) is 11.5 Å². The van der Waals surface area contributed by atoms with E-state index in [-0.39, 0.29) is 10.8 Å². The van der Waals surface area contributed by atoms with E-state index in [4.69, 9.17) is 21.1 Å². The molecule has 1 aliphatic carbocycles. The Hall–Kier alpha value is -0.890. The van der Waals surface area contributed by atoms with Gasteiger partial charge in [0.2, 0.25) is 0 Å². The molecular weight excluding hydrogens is 248 g/mol. The summed E-state index contributed by atoms with van der Waals surface area (Å²) in [6, 6.07) is 3.92. The number of benzene rings is 1. The normalized spacial score (nSPS) is 21.9. The third-order valence-electron chi connectivity index (χ3n) is 3.81. The van der Waals surface area contributed by atoms with Gasteiger partial charge in [-0.2, -0.15) is 0 Å². The zero-order valence-corrected chi connectivity index (χ0v) is 12.3. The highest BCUT2D eigenvalue weighted by atomic mass is 35.5. The van der Waals surface area contributed by atoms with Crippen LogP contribution < -0.4 is 9.47 Å². The number of methoxy groups -OCH3 is 2. The zero-order valence-electron chi connectivity index (χ0n) is 11.5. The molecule has 1 aromatic carbocycles. The Bertz CT molecular complexity index is 440. The van der Waals surface area contributed by atoms with Crippen molar-refractivity contribution in [2.75, 3.05) is 14.2 Å². The van der Waals surface area contributed by atoms with Crippen LogP contribution in [0.2, 0.25) is 0 Å². The predicted molar refractivity (Wildman–Crippen MR) is 74.9 cm³/mol. The lowest BCUT2D eigenvalue weighted by Gasteiger charge is -2.24. The van der Waals surface area contributed by atoms with E-state index in [0.29, 0.717) is 0 Å². The van der Waals surface area contributed by atoms with Crippen molar-refractivity contribution in [1.29, 1.82) is 0 Å². The molecule has 2 rings (SSSR count). The Labute approximate surface area is 114 Å². The Morgan fingerprint density at radius 3 is 2.39 bits per heavy atom. The molecule has 2 nitrogen and oxygen atoms in total. The summed E-state index contributed by atoms with van der Waals surface area (Å²) in [4.78, 5) is 0. The SMILES string of the molecule is COc1ccc(OC)c2c1CCC(C)(C)CC2Cl. The van der Waals surface area contributed by atoms with Crippen LogP contribution in [0.15, 0.2) is 12.1 Å². The van der Waals surface area contributed by atoms with Crippen molar-refractivity contribution in [3.05, 3.63) is 23.3 Å². The first-order chi connectivity index (χ1) is 8.48. The van der Waals surface area contributed by atoms with Crippen LogP contribution in [0.4, 0.5) is 0 Å². The summed E-state index contributed by atoms with van der Waals surface area (Å²) in [6.45, 7) is 4.54. The maximum atomic E-state index is 6.61. The quantitative estimate of drug-likeness (QED) is 0.587. The molecule has 0 fully saturated rings. The molecule has 0 spiro atoms. The van der Waals surface area contributed by atoms with Gasteiger partial charge in [0.25, 0.3) is 0 Å². The molecule has 18 heavy (non-hydrogen) atoms. The number of hydrogen-bond acceptors (Lipinski definition) is 2. The minimum absolute atomic E-state index is 0.0115. The van der Waals surface area contributed by atoms with Gasteiger partial charge in [-0.15, -0.1) is 11.6 Å². The van der Waals surface area contributed by atoms with E-state index in [0.717, 1.165) is 36.3 Å². The first-order valence-corrected chi connectivity index (χ1v) is 6.80. The molecule has 1 unspecified atom stereocenters. The summed E-state index contributed by atoms with van der Waals surface area (Å²) in [5.74, 6) is 1.80. The fraction of sp³-hybridized carbons (Fsp3) is 0.600. The molecule has 1 aliphatic rings. The fourth-order valence-electron chi connectivity index (χ4n) is 2.75. The minimum Gasteiger partial charge on any atom is -0.496 e. The summed E-state index contributed by atoms with van der Waals surface area (Å²) in [5, 5.41) is -0.0115. The topological polar surface area (TPSA) is 18.5 Å². The predicted octanol–water partition coefficient (Wildman–Crippen LogP) is 4.35. The molecule has 1 aromatic rings. The van der Waals surface area contributed by atoms with Crippen LogP contribution in [0.1, 0.15) is 43.2 Å². The zero-order chi connectivity index (χ0) is 13.3. The highest BCUT2D eigenvalue weighted by Crippen LogP contribution is 2.48. The van der Waals surface area contributed by atoms with Gasteiger partial charge < -0.3 is 9.47 Å². The van der Waals surface area contributed by atoms with E-state index < -0.39 is 0 Å². The van der Waals surface area contributed by atoms with Crippen LogP contribution in [-0.4, -0.2) is 14.2 Å². The number of ether oxygens (including phenoxy) is 2. The third-order valence-corrected chi connectivity index (χ3v) is 4.18. The molecule has 3 heteroatoms. The molecule has 0 amide bonds. The van der Waals surface area contributed by atoms with E-state index in [1.165, 1.54) is 5.56 Å². The summed E-state index contributed by atoms with van der Waals surface area (Å²) in [6.07, 6.45) is 3.07. The summed E-state index contributed by atoms with van der Waals surface area (Å²) >= 11 is 6.61. The van der Waals surface area contributed by atoms with Crippen LogP contribution >= 0.6 is 11.6 Å². The molecule has 100 valence electrons. The molecule has 0 saturated carbocycles. The lowest BCUT2D eigenvalue weighted by Crippen LogP contribution is -2.11. The smallest absolute Gasteiger partial charge is 0.124 e. The van der Waals surface area contributed by atoms with Gasteiger partial charge >= 0.3 is 0 Å². The van der Waals surface area contributed by atoms with Crippen molar-refractivity contribution in [3.63, 3.8) is 0 Å². The average molecular weight is 269 g/mol. The summed E-state index contributed by atoms with van der Waals surface area (Å²) in [5.41, 5.74) is 2.58. The van der Waals surface area contributed by atoms with E-state index in [9.17, 15) is 0 Å². The lowest BCUT2D eigenvalue weighted by atomic mass is 9.84. The standard InChI is InChI=1S/C15H21ClO2/c1-15(2)8-7-10-12(17-3)5-6-13(18-4)14(10)11(16)9-15/h5-6,11H,7-9H2,1-4H3. The second-order valence-corrected chi connectivity index (χ2v) is 6.23. The van der Waals surface area contributed by atoms with Crippen molar-refractivity contribution < 1.29 is 9.47 Å². The second kappa shape index (κ2) is 5.00. The second-order valence-electron chi connectivity index (χ2n) is 5.70. The first kappa shape index (κ1) is 13.5. The van der Waals surface area contributed by atoms with Crippen LogP contribution in [0, 0.1) is 5.41 Å². The first-order valence-electron chi connectivity index (χ1n) is 6.36. The van der Waals surface area contributed by atoms with Gasteiger partial charge in [0.1, 0.15) is 11.5 Å². The van der Waals surface area contributed by atoms with Gasteiger partial charge in [-0.25, -0.2) is 0 Å². The largest absolute Gasteiger partial charge is 0.496 e. The number of hydrogen-bond donors (Lipinski definition) is 0. The van der Waals surface area contributed by atoms with Gasteiger partial charge in [0.15, 0.2) is 0 Å². The molecule has 0 N–H and O–H groups in total. The lowest BCUT2D eigenvalue weighted by molar-refractivity contribution is 0.311. The molecule has 0 heterocycles. The highest BCUT2D eigenvalue weighted by molar-refractivity contribution is 6.21. The Morgan fingerprint density at radius 1 is 1.17 bits per heavy atom. The van der Waals surface area contributed by atoms with Crippen LogP contribution in [-0.2, 0) is 6.42 Å². The molecule has 0 aliphatic heterocycles. The Morgan fingerprint density at radius 2 is 1.78 bits per heavy atom. The van der Waals surface area contributed by atoms with E-state index in [2.05, 4.69) is 13.8 Å². The van der Waals surface area contributed by atoms with Gasteiger partial charge in [0, 0.05) is 11.1 Å². The van der Waals surface area contributed by atoms with Crippen molar-refractivity contribution in [1.82, 2.24) is 0 Å². The number of rotatable bonds is 2. The van der Waals surface area contributed by atoms with E-state index in [1.54, 1.807) is 14.2 Å². The maximum absolute atomic E-state index is 6.61. The summed E-state index contributed by atoms with van der Waals surface area (Å²) < 4.78 is 10.9. The number of alkyl halides is 1. The van der Waals surface area contributed by atoms with Gasteiger partial charge in [0.05, 0.1) is 19.6 Å². The van der Waals surface area contributed by atoms with Gasteiger partial charge in [-0.3, -0.25) is 0 Å². The van der Waals surface area contributed by atoms with Crippen LogP contribution in [0.5, 0.6) is 11.5 Å². The van der Waals surface area contributed by atoms with Crippen molar-refractivity contribution >= 4 is 11.6 Å².